The molecule has 1 aliphatic carbocycles. The van der Waals surface area contributed by atoms with Gasteiger partial charge in [-0.05, 0) is 32.0 Å². The summed E-state index contributed by atoms with van der Waals surface area (Å²) >= 11 is 0. The Kier molecular flexibility index (Phi) is 4.33. The van der Waals surface area contributed by atoms with Crippen LogP contribution in [0.1, 0.15) is 43.2 Å². The molecule has 96 valence electrons. The summed E-state index contributed by atoms with van der Waals surface area (Å²) < 4.78 is 13.8. The number of nitriles is 1. The molecule has 2 nitrogen and oxygen atoms in total. The van der Waals surface area contributed by atoms with Gasteiger partial charge in [0.25, 0.3) is 0 Å². The van der Waals surface area contributed by atoms with Crippen molar-refractivity contribution < 1.29 is 4.39 Å². The maximum Gasteiger partial charge on any atom is 0.129 e. The van der Waals surface area contributed by atoms with Crippen molar-refractivity contribution >= 4 is 0 Å². The summed E-state index contributed by atoms with van der Waals surface area (Å²) in [4.78, 5) is 2.24. The first-order chi connectivity index (χ1) is 8.70. The predicted molar refractivity (Wildman–Crippen MR) is 69.5 cm³/mol. The van der Waals surface area contributed by atoms with E-state index in [9.17, 15) is 4.39 Å². The second-order valence-electron chi connectivity index (χ2n) is 5.12. The molecule has 0 aromatic heterocycles. The van der Waals surface area contributed by atoms with Crippen molar-refractivity contribution in [3.8, 4) is 6.07 Å². The van der Waals surface area contributed by atoms with Crippen molar-refractivity contribution in [1.82, 2.24) is 4.90 Å². The predicted octanol–water partition coefficient (Wildman–Crippen LogP) is 3.46. The Bertz CT molecular complexity index is 444. The molecule has 0 unspecified atom stereocenters. The summed E-state index contributed by atoms with van der Waals surface area (Å²) in [7, 11) is 2.06. The zero-order chi connectivity index (χ0) is 13.0. The lowest BCUT2D eigenvalue weighted by molar-refractivity contribution is 0.182. The van der Waals surface area contributed by atoms with Gasteiger partial charge >= 0.3 is 0 Å². The normalized spacial score (nSPS) is 16.8. The lowest BCUT2D eigenvalue weighted by Gasteiger charge is -2.31. The molecule has 1 aromatic carbocycles. The van der Waals surface area contributed by atoms with Gasteiger partial charge in [0, 0.05) is 18.2 Å². The lowest BCUT2D eigenvalue weighted by atomic mass is 9.94. The first kappa shape index (κ1) is 13.0. The minimum Gasteiger partial charge on any atom is -0.299 e. The number of rotatable bonds is 3. The van der Waals surface area contributed by atoms with Gasteiger partial charge in [-0.2, -0.15) is 5.26 Å². The molecule has 1 saturated carbocycles. The van der Waals surface area contributed by atoms with E-state index in [0.717, 1.165) is 0 Å². The van der Waals surface area contributed by atoms with Gasteiger partial charge in [0.1, 0.15) is 5.82 Å². The molecule has 0 saturated heterocycles. The fourth-order valence-electron chi connectivity index (χ4n) is 2.66. The van der Waals surface area contributed by atoms with Crippen LogP contribution in [0.4, 0.5) is 4.39 Å². The van der Waals surface area contributed by atoms with Gasteiger partial charge in [-0.15, -0.1) is 0 Å². The summed E-state index contributed by atoms with van der Waals surface area (Å²) in [5.74, 6) is -0.267. The number of halogens is 1. The van der Waals surface area contributed by atoms with E-state index in [-0.39, 0.29) is 5.82 Å². The molecule has 3 heteroatoms. The molecular weight excluding hydrogens is 227 g/mol. The van der Waals surface area contributed by atoms with E-state index >= 15 is 0 Å². The van der Waals surface area contributed by atoms with Crippen LogP contribution in [0.15, 0.2) is 18.2 Å². The number of hydrogen-bond donors (Lipinski definition) is 0. The molecule has 1 fully saturated rings. The Morgan fingerprint density at radius 1 is 1.33 bits per heavy atom. The molecule has 0 heterocycles. The Balaban J connectivity index is 2.02. The van der Waals surface area contributed by atoms with Gasteiger partial charge in [-0.1, -0.05) is 25.3 Å². The fraction of sp³-hybridized carbons (Fsp3) is 0.533. The second-order valence-corrected chi connectivity index (χ2v) is 5.12. The van der Waals surface area contributed by atoms with Crippen LogP contribution in [0.2, 0.25) is 0 Å². The van der Waals surface area contributed by atoms with Gasteiger partial charge in [0.15, 0.2) is 0 Å². The second kappa shape index (κ2) is 5.97. The molecule has 0 aliphatic heterocycles. The van der Waals surface area contributed by atoms with Gasteiger partial charge in [0.05, 0.1) is 11.6 Å². The molecule has 0 amide bonds. The molecular formula is C15H19FN2. The Morgan fingerprint density at radius 3 is 2.67 bits per heavy atom. The molecule has 0 bridgehead atoms. The number of nitrogens with zero attached hydrogens (tertiary/aromatic N) is 2. The van der Waals surface area contributed by atoms with Crippen LogP contribution in [-0.2, 0) is 6.54 Å². The maximum atomic E-state index is 13.8. The van der Waals surface area contributed by atoms with E-state index in [2.05, 4.69) is 11.9 Å². The molecule has 0 spiro atoms. The van der Waals surface area contributed by atoms with Crippen LogP contribution in [0.5, 0.6) is 0 Å². The van der Waals surface area contributed by atoms with E-state index in [1.165, 1.54) is 38.2 Å². The Hall–Kier alpha value is -1.40. The highest BCUT2D eigenvalue weighted by atomic mass is 19.1. The average molecular weight is 246 g/mol. The third-order valence-electron chi connectivity index (χ3n) is 3.80. The summed E-state index contributed by atoms with van der Waals surface area (Å²) in [6.07, 6.45) is 6.33. The zero-order valence-corrected chi connectivity index (χ0v) is 10.8. The summed E-state index contributed by atoms with van der Waals surface area (Å²) in [5.41, 5.74) is 1.07. The summed E-state index contributed by atoms with van der Waals surface area (Å²) in [5, 5.41) is 8.71. The number of benzene rings is 1. The van der Waals surface area contributed by atoms with Gasteiger partial charge in [0.2, 0.25) is 0 Å². The third-order valence-corrected chi connectivity index (χ3v) is 3.80. The summed E-state index contributed by atoms with van der Waals surface area (Å²) in [6.45, 7) is 0.627. The lowest BCUT2D eigenvalue weighted by Crippen LogP contribution is -2.33. The fourth-order valence-corrected chi connectivity index (χ4v) is 2.66. The van der Waals surface area contributed by atoms with E-state index < -0.39 is 0 Å². The minimum atomic E-state index is -0.267. The van der Waals surface area contributed by atoms with Crippen LogP contribution in [-0.4, -0.2) is 18.0 Å². The monoisotopic (exact) mass is 246 g/mol. The standard InChI is InChI=1S/C15H19FN2/c1-18(14-5-3-2-4-6-14)11-13-8-7-12(10-17)9-15(13)16/h7-9,14H,2-6,11H2,1H3. The zero-order valence-electron chi connectivity index (χ0n) is 10.8. The first-order valence-corrected chi connectivity index (χ1v) is 6.59. The smallest absolute Gasteiger partial charge is 0.129 e. The summed E-state index contributed by atoms with van der Waals surface area (Å²) in [6, 6.07) is 7.28. The largest absolute Gasteiger partial charge is 0.299 e. The van der Waals surface area contributed by atoms with Gasteiger partial charge in [-0.25, -0.2) is 4.39 Å². The average Bonchev–Trinajstić information content (AvgIpc) is 2.42. The van der Waals surface area contributed by atoms with Crippen molar-refractivity contribution in [3.05, 3.63) is 35.1 Å². The minimum absolute atomic E-state index is 0.267. The van der Waals surface area contributed by atoms with Crippen molar-refractivity contribution in [2.24, 2.45) is 0 Å². The first-order valence-electron chi connectivity index (χ1n) is 6.59. The van der Waals surface area contributed by atoms with Crippen molar-refractivity contribution in [1.29, 1.82) is 5.26 Å². The Morgan fingerprint density at radius 2 is 2.06 bits per heavy atom. The van der Waals surface area contributed by atoms with E-state index in [1.54, 1.807) is 12.1 Å². The molecule has 0 atom stereocenters. The van der Waals surface area contributed by atoms with E-state index in [4.69, 9.17) is 5.26 Å². The van der Waals surface area contributed by atoms with Crippen molar-refractivity contribution in [2.45, 2.75) is 44.7 Å². The van der Waals surface area contributed by atoms with Crippen molar-refractivity contribution in [3.63, 3.8) is 0 Å². The van der Waals surface area contributed by atoms with E-state index in [1.807, 2.05) is 6.07 Å². The number of hydrogen-bond acceptors (Lipinski definition) is 2. The third kappa shape index (κ3) is 3.08. The van der Waals surface area contributed by atoms with Crippen LogP contribution in [0.3, 0.4) is 0 Å². The van der Waals surface area contributed by atoms with Crippen LogP contribution >= 0.6 is 0 Å². The van der Waals surface area contributed by atoms with Crippen molar-refractivity contribution in [2.75, 3.05) is 7.05 Å². The van der Waals surface area contributed by atoms with Crippen LogP contribution in [0.25, 0.3) is 0 Å². The quantitative estimate of drug-likeness (QED) is 0.816. The molecule has 0 radical (unpaired) electrons. The topological polar surface area (TPSA) is 27.0 Å². The maximum absolute atomic E-state index is 13.8. The van der Waals surface area contributed by atoms with Crippen LogP contribution < -0.4 is 0 Å². The molecule has 2 rings (SSSR count). The van der Waals surface area contributed by atoms with Gasteiger partial charge in [-0.3, -0.25) is 4.90 Å². The Labute approximate surface area is 108 Å². The van der Waals surface area contributed by atoms with Crippen LogP contribution in [0, 0.1) is 17.1 Å². The van der Waals surface area contributed by atoms with E-state index in [0.29, 0.717) is 23.7 Å². The molecule has 1 aliphatic rings. The highest BCUT2D eigenvalue weighted by Crippen LogP contribution is 2.23. The molecule has 0 N–H and O–H groups in total. The SMILES string of the molecule is CN(Cc1ccc(C#N)cc1F)C1CCCCC1. The highest BCUT2D eigenvalue weighted by Gasteiger charge is 2.18. The van der Waals surface area contributed by atoms with Gasteiger partial charge < -0.3 is 0 Å². The highest BCUT2D eigenvalue weighted by molar-refractivity contribution is 5.32. The molecule has 18 heavy (non-hydrogen) atoms. The molecule has 1 aromatic rings.